The molecule has 0 N–H and O–H groups in total. The molecule has 0 amide bonds. The third kappa shape index (κ3) is 0.365. The Morgan fingerprint density at radius 3 is 2.89 bits per heavy atom. The van der Waals surface area contributed by atoms with E-state index in [4.69, 9.17) is 0 Å². The van der Waals surface area contributed by atoms with Crippen molar-refractivity contribution in [2.75, 3.05) is 0 Å². The number of hydrogen-bond acceptors (Lipinski definition) is 0. The van der Waals surface area contributed by atoms with E-state index in [0.29, 0.717) is 0 Å². The topological polar surface area (TPSA) is 0 Å². The Kier molecular flexibility index (Phi) is 0.484. The van der Waals surface area contributed by atoms with Gasteiger partial charge in [0.25, 0.3) is 0 Å². The molecule has 1 unspecified atom stereocenters. The number of rotatable bonds is 0. The zero-order valence-corrected chi connectivity index (χ0v) is 5.22. The van der Waals surface area contributed by atoms with Crippen LogP contribution in [-0.4, -0.2) is 0 Å². The van der Waals surface area contributed by atoms with Crippen LogP contribution in [0.5, 0.6) is 0 Å². The van der Waals surface area contributed by atoms with E-state index in [-0.39, 0.29) is 0 Å². The van der Waals surface area contributed by atoms with Crippen molar-refractivity contribution in [2.45, 2.75) is 12.8 Å². The average molecular weight is 116 g/mol. The summed E-state index contributed by atoms with van der Waals surface area (Å²) in [6, 6.07) is 0. The zero-order chi connectivity index (χ0) is 5.84. The van der Waals surface area contributed by atoms with E-state index in [9.17, 15) is 0 Å². The van der Waals surface area contributed by atoms with Gasteiger partial charge in [-0.15, -0.1) is 0 Å². The quantitative estimate of drug-likeness (QED) is 0.455. The second-order valence-corrected chi connectivity index (χ2v) is 3.18. The summed E-state index contributed by atoms with van der Waals surface area (Å²) in [5.41, 5.74) is 4.70. The Bertz CT molecular complexity index is 264. The van der Waals surface area contributed by atoms with Crippen LogP contribution in [-0.2, 0) is 0 Å². The molecule has 4 aliphatic rings. The van der Waals surface area contributed by atoms with Gasteiger partial charge < -0.3 is 0 Å². The van der Waals surface area contributed by atoms with Gasteiger partial charge in [0.2, 0.25) is 0 Å². The van der Waals surface area contributed by atoms with Crippen molar-refractivity contribution in [1.29, 1.82) is 0 Å². The lowest BCUT2D eigenvalue weighted by molar-refractivity contribution is 0.657. The molecule has 4 aliphatic carbocycles. The molecule has 0 aromatic carbocycles. The van der Waals surface area contributed by atoms with Crippen LogP contribution in [0.1, 0.15) is 12.8 Å². The van der Waals surface area contributed by atoms with Crippen LogP contribution in [0.15, 0.2) is 34.9 Å². The first-order valence-electron chi connectivity index (χ1n) is 3.55. The lowest BCUT2D eigenvalue weighted by Crippen LogP contribution is -1.97. The minimum atomic E-state index is 0.889. The molecule has 0 saturated heterocycles. The third-order valence-electron chi connectivity index (χ3n) is 2.47. The molecule has 0 heteroatoms. The van der Waals surface area contributed by atoms with E-state index >= 15 is 0 Å². The number of hydrogen-bond donors (Lipinski definition) is 0. The molecule has 0 nitrogen and oxygen atoms in total. The van der Waals surface area contributed by atoms with Crippen molar-refractivity contribution in [3.63, 3.8) is 0 Å². The van der Waals surface area contributed by atoms with E-state index in [1.54, 1.807) is 11.1 Å². The van der Waals surface area contributed by atoms with Gasteiger partial charge in [-0.25, -0.2) is 0 Å². The van der Waals surface area contributed by atoms with Crippen LogP contribution in [0.2, 0.25) is 0 Å². The van der Waals surface area contributed by atoms with Gasteiger partial charge >= 0.3 is 0 Å². The van der Waals surface area contributed by atoms with Crippen LogP contribution < -0.4 is 0 Å². The molecule has 4 bridgehead atoms. The van der Waals surface area contributed by atoms with E-state index in [1.807, 2.05) is 0 Å². The van der Waals surface area contributed by atoms with E-state index in [0.717, 1.165) is 5.92 Å². The van der Waals surface area contributed by atoms with Crippen LogP contribution in [0.3, 0.4) is 0 Å². The zero-order valence-electron chi connectivity index (χ0n) is 5.22. The Balaban J connectivity index is 2.36. The summed E-state index contributed by atoms with van der Waals surface area (Å²) in [7, 11) is 0. The van der Waals surface area contributed by atoms with Crippen LogP contribution in [0.4, 0.5) is 0 Å². The largest absolute Gasteiger partial charge is 0.0732 e. The fraction of sp³-hybridized carbons (Fsp3) is 0.333. The van der Waals surface area contributed by atoms with Crippen LogP contribution in [0.25, 0.3) is 0 Å². The van der Waals surface area contributed by atoms with E-state index in [2.05, 4.69) is 18.2 Å². The van der Waals surface area contributed by atoms with Gasteiger partial charge in [-0.05, 0) is 35.5 Å². The summed E-state index contributed by atoms with van der Waals surface area (Å²) >= 11 is 0. The maximum atomic E-state index is 2.42. The summed E-state index contributed by atoms with van der Waals surface area (Å²) in [5, 5.41) is 0. The van der Waals surface area contributed by atoms with Crippen LogP contribution in [0, 0.1) is 5.92 Å². The maximum absolute atomic E-state index is 2.42. The molecule has 0 fully saturated rings. The Hall–Kier alpha value is -0.780. The van der Waals surface area contributed by atoms with Crippen molar-refractivity contribution in [2.24, 2.45) is 5.92 Å². The minimum absolute atomic E-state index is 0.889. The average Bonchev–Trinajstić information content (AvgIpc) is 2.20. The molecular formula is C9H8. The van der Waals surface area contributed by atoms with E-state index in [1.165, 1.54) is 18.4 Å². The fourth-order valence-electron chi connectivity index (χ4n) is 2.12. The molecule has 0 spiro atoms. The first kappa shape index (κ1) is 4.10. The highest BCUT2D eigenvalue weighted by atomic mass is 14.3. The third-order valence-corrected chi connectivity index (χ3v) is 2.47. The molecule has 44 valence electrons. The summed E-state index contributed by atoms with van der Waals surface area (Å²) in [4.78, 5) is 0. The predicted molar refractivity (Wildman–Crippen MR) is 37.0 cm³/mol. The first-order valence-corrected chi connectivity index (χ1v) is 3.55. The monoisotopic (exact) mass is 116 g/mol. The minimum Gasteiger partial charge on any atom is -0.0732 e. The summed E-state index contributed by atoms with van der Waals surface area (Å²) in [5.74, 6) is 0.889. The van der Waals surface area contributed by atoms with E-state index < -0.39 is 0 Å². The SMILES string of the molecule is C1=C2C=C3CC(C=C13)C2. The standard InChI is InChI=1S/C9H8/c1-6-2-8-4-7(1)5-9(8)3-6/h2-4,7H,1,5H2. The first-order chi connectivity index (χ1) is 4.42. The highest BCUT2D eigenvalue weighted by Crippen LogP contribution is 2.45. The van der Waals surface area contributed by atoms with Crippen molar-refractivity contribution >= 4 is 0 Å². The molecule has 4 rings (SSSR count). The Labute approximate surface area is 54.6 Å². The fourth-order valence-corrected chi connectivity index (χ4v) is 2.12. The van der Waals surface area contributed by atoms with Crippen molar-refractivity contribution < 1.29 is 0 Å². The second kappa shape index (κ2) is 1.06. The van der Waals surface area contributed by atoms with Gasteiger partial charge in [0.05, 0.1) is 0 Å². The lowest BCUT2D eigenvalue weighted by atomic mass is 9.93. The highest BCUT2D eigenvalue weighted by molar-refractivity contribution is 5.59. The normalized spacial score (nSPS) is 34.7. The lowest BCUT2D eigenvalue weighted by Gasteiger charge is -2.11. The highest BCUT2D eigenvalue weighted by Gasteiger charge is 2.29. The Morgan fingerprint density at radius 1 is 1.22 bits per heavy atom. The smallest absolute Gasteiger partial charge is 0.0143 e. The van der Waals surface area contributed by atoms with Crippen molar-refractivity contribution in [1.82, 2.24) is 0 Å². The van der Waals surface area contributed by atoms with Crippen LogP contribution >= 0.6 is 0 Å². The van der Waals surface area contributed by atoms with Gasteiger partial charge in [-0.1, -0.05) is 18.2 Å². The maximum Gasteiger partial charge on any atom is -0.0143 e. The molecule has 0 aromatic heterocycles. The molecule has 9 heavy (non-hydrogen) atoms. The molecule has 0 aromatic rings. The van der Waals surface area contributed by atoms with Gasteiger partial charge in [-0.3, -0.25) is 0 Å². The van der Waals surface area contributed by atoms with Gasteiger partial charge in [-0.2, -0.15) is 0 Å². The van der Waals surface area contributed by atoms with Crippen molar-refractivity contribution in [3.05, 3.63) is 34.9 Å². The predicted octanol–water partition coefficient (Wildman–Crippen LogP) is 2.20. The molecular weight excluding hydrogens is 108 g/mol. The van der Waals surface area contributed by atoms with Gasteiger partial charge in [0.15, 0.2) is 0 Å². The molecule has 0 saturated carbocycles. The second-order valence-electron chi connectivity index (χ2n) is 3.18. The molecule has 0 aliphatic heterocycles. The molecule has 1 atom stereocenters. The molecule has 0 heterocycles. The van der Waals surface area contributed by atoms with Gasteiger partial charge in [0, 0.05) is 0 Å². The summed E-state index contributed by atoms with van der Waals surface area (Å²) in [6.07, 6.45) is 9.75. The van der Waals surface area contributed by atoms with Crippen molar-refractivity contribution in [3.8, 4) is 0 Å². The Morgan fingerprint density at radius 2 is 2.22 bits per heavy atom. The summed E-state index contributed by atoms with van der Waals surface area (Å²) < 4.78 is 0. The van der Waals surface area contributed by atoms with Gasteiger partial charge in [0.1, 0.15) is 0 Å². The number of allylic oxidation sites excluding steroid dienone is 6. The molecule has 0 radical (unpaired) electrons. The summed E-state index contributed by atoms with van der Waals surface area (Å²) in [6.45, 7) is 0.